The third-order valence-electron chi connectivity index (χ3n) is 7.98. The van der Waals surface area contributed by atoms with Crippen LogP contribution in [0, 0.1) is 11.7 Å². The number of hydrogen-bond donors (Lipinski definition) is 2. The first kappa shape index (κ1) is 26.0. The molecule has 1 aromatic rings. The highest BCUT2D eigenvalue weighted by molar-refractivity contribution is 6.04. The summed E-state index contributed by atoms with van der Waals surface area (Å²) >= 11 is 0. The van der Waals surface area contributed by atoms with Gasteiger partial charge in [0.15, 0.2) is 0 Å². The summed E-state index contributed by atoms with van der Waals surface area (Å²) in [5, 5.41) is 20.2. The lowest BCUT2D eigenvalue weighted by molar-refractivity contribution is -0.139. The summed E-state index contributed by atoms with van der Waals surface area (Å²) < 4.78 is 14.1. The van der Waals surface area contributed by atoms with Crippen molar-refractivity contribution in [3.05, 3.63) is 46.6 Å². The van der Waals surface area contributed by atoms with Gasteiger partial charge in [0, 0.05) is 44.8 Å². The van der Waals surface area contributed by atoms with Crippen molar-refractivity contribution < 1.29 is 23.9 Å². The summed E-state index contributed by atoms with van der Waals surface area (Å²) in [4.78, 5) is 45.6. The quantitative estimate of drug-likeness (QED) is 0.580. The van der Waals surface area contributed by atoms with Gasteiger partial charge in [0.25, 0.3) is 17.7 Å². The lowest BCUT2D eigenvalue weighted by atomic mass is 9.94. The minimum Gasteiger partial charge on any atom is -0.509 e. The number of aliphatic hydroxyl groups excluding tert-OH is 1. The van der Waals surface area contributed by atoms with Crippen LogP contribution in [0.1, 0.15) is 55.5 Å². The van der Waals surface area contributed by atoms with Gasteiger partial charge in [0.05, 0.1) is 6.54 Å². The van der Waals surface area contributed by atoms with Gasteiger partial charge in [-0.15, -0.1) is 0 Å². The molecule has 38 heavy (non-hydrogen) atoms. The Bertz CT molecular complexity index is 1220. The first-order valence-corrected chi connectivity index (χ1v) is 13.4. The number of amidine groups is 1. The molecule has 5 rings (SSSR count). The van der Waals surface area contributed by atoms with Crippen LogP contribution in [0.15, 0.2) is 34.8 Å². The van der Waals surface area contributed by atoms with E-state index in [4.69, 9.17) is 5.10 Å². The van der Waals surface area contributed by atoms with E-state index in [1.165, 1.54) is 23.2 Å². The molecule has 4 aliphatic rings. The molecule has 4 heterocycles. The molecule has 1 saturated heterocycles. The van der Waals surface area contributed by atoms with E-state index in [0.29, 0.717) is 37.6 Å². The van der Waals surface area contributed by atoms with E-state index in [-0.39, 0.29) is 35.5 Å². The number of amides is 3. The number of hydrogen-bond acceptors (Lipinski definition) is 7. The normalized spacial score (nSPS) is 26.8. The number of benzene rings is 1. The third-order valence-corrected chi connectivity index (χ3v) is 7.98. The molecule has 2 unspecified atom stereocenters. The summed E-state index contributed by atoms with van der Waals surface area (Å²) in [6, 6.07) is 3.18. The molecule has 0 radical (unpaired) electrons. The van der Waals surface area contributed by atoms with Gasteiger partial charge in [-0.1, -0.05) is 18.9 Å². The van der Waals surface area contributed by atoms with Crippen molar-refractivity contribution in [3.63, 3.8) is 0 Å². The molecule has 0 saturated carbocycles. The Hall–Kier alpha value is -3.63. The van der Waals surface area contributed by atoms with Gasteiger partial charge in [-0.25, -0.2) is 9.40 Å². The van der Waals surface area contributed by atoms with E-state index < -0.39 is 29.6 Å². The molecule has 3 atom stereocenters. The Kier molecular flexibility index (Phi) is 7.02. The van der Waals surface area contributed by atoms with Crippen LogP contribution in [0.3, 0.4) is 0 Å². The van der Waals surface area contributed by atoms with Crippen molar-refractivity contribution in [1.82, 2.24) is 25.0 Å². The Balaban J connectivity index is 1.60. The van der Waals surface area contributed by atoms with E-state index in [0.717, 1.165) is 25.7 Å². The van der Waals surface area contributed by atoms with Crippen LogP contribution in [0.4, 0.5) is 4.39 Å². The zero-order chi connectivity index (χ0) is 27.1. The highest BCUT2D eigenvalue weighted by Gasteiger charge is 2.57. The SMILES string of the molecule is CCN1C[C@H](C)N2C(=C(O)C3C(=O)N4Cc5ccc(F)cc5C(=O)NCCCCCCN(C)C(=N4)C32)C1=O. The number of fused-ring (bicyclic) bond motifs is 6. The van der Waals surface area contributed by atoms with Crippen molar-refractivity contribution >= 4 is 23.6 Å². The second kappa shape index (κ2) is 10.3. The van der Waals surface area contributed by atoms with Crippen molar-refractivity contribution in [1.29, 1.82) is 0 Å². The molecule has 3 amide bonds. The van der Waals surface area contributed by atoms with Gasteiger partial charge < -0.3 is 25.1 Å². The molecule has 1 aromatic carbocycles. The molecule has 0 aliphatic carbocycles. The molecule has 2 N–H and O–H groups in total. The molecule has 2 bridgehead atoms. The number of aliphatic hydroxyl groups is 1. The molecule has 10 nitrogen and oxygen atoms in total. The lowest BCUT2D eigenvalue weighted by Gasteiger charge is -2.45. The van der Waals surface area contributed by atoms with Crippen LogP contribution in [-0.2, 0) is 16.1 Å². The van der Waals surface area contributed by atoms with Crippen LogP contribution >= 0.6 is 0 Å². The summed E-state index contributed by atoms with van der Waals surface area (Å²) in [5.41, 5.74) is 0.752. The van der Waals surface area contributed by atoms with Gasteiger partial charge in [0.1, 0.15) is 35.1 Å². The Morgan fingerprint density at radius 3 is 2.68 bits per heavy atom. The Labute approximate surface area is 221 Å². The molecule has 204 valence electrons. The molecular formula is C27H35FN6O4. The minimum atomic E-state index is -1.00. The lowest BCUT2D eigenvalue weighted by Crippen LogP contribution is -2.61. The zero-order valence-electron chi connectivity index (χ0n) is 22.1. The molecular weight excluding hydrogens is 491 g/mol. The van der Waals surface area contributed by atoms with Crippen LogP contribution in [0.5, 0.6) is 0 Å². The smallest absolute Gasteiger partial charge is 0.273 e. The number of likely N-dealkylation sites (N-methyl/N-ethyl adjacent to an activating group) is 2. The van der Waals surface area contributed by atoms with Gasteiger partial charge in [-0.3, -0.25) is 14.4 Å². The maximum absolute atomic E-state index is 14.1. The second-order valence-electron chi connectivity index (χ2n) is 10.5. The van der Waals surface area contributed by atoms with Gasteiger partial charge >= 0.3 is 0 Å². The molecule has 0 aromatic heterocycles. The van der Waals surface area contributed by atoms with Gasteiger partial charge in [0.2, 0.25) is 0 Å². The van der Waals surface area contributed by atoms with E-state index in [1.54, 1.807) is 4.90 Å². The zero-order valence-corrected chi connectivity index (χ0v) is 22.1. The van der Waals surface area contributed by atoms with Crippen molar-refractivity contribution in [2.24, 2.45) is 11.0 Å². The fraction of sp³-hybridized carbons (Fsp3) is 0.556. The van der Waals surface area contributed by atoms with Crippen molar-refractivity contribution in [2.75, 3.05) is 33.2 Å². The standard InChI is InChI=1S/C27H35FN6O4/c1-4-32-14-16(2)34-21-20(23(35)22(34)27(32)38)26(37)33-15-17-9-10-18(28)13-19(17)25(36)29-11-7-5-6-8-12-31(3)24(21)30-33/h9-10,13,16,20-21,35H,4-8,11-12,14-15H2,1-3H3,(H,29,36)/t16-,20?,21?/m0/s1. The highest BCUT2D eigenvalue weighted by atomic mass is 19.1. The van der Waals surface area contributed by atoms with E-state index in [1.807, 2.05) is 30.7 Å². The van der Waals surface area contributed by atoms with Crippen LogP contribution < -0.4 is 5.32 Å². The number of carbonyl (C=O) groups excluding carboxylic acids is 3. The molecule has 4 aliphatic heterocycles. The maximum Gasteiger partial charge on any atom is 0.273 e. The Morgan fingerprint density at radius 2 is 1.92 bits per heavy atom. The predicted molar refractivity (Wildman–Crippen MR) is 138 cm³/mol. The van der Waals surface area contributed by atoms with Gasteiger partial charge in [-0.05, 0) is 44.4 Å². The fourth-order valence-electron chi connectivity index (χ4n) is 5.99. The van der Waals surface area contributed by atoms with Crippen molar-refractivity contribution in [2.45, 2.75) is 58.2 Å². The van der Waals surface area contributed by atoms with Crippen LogP contribution in [0.25, 0.3) is 0 Å². The topological polar surface area (TPSA) is 109 Å². The van der Waals surface area contributed by atoms with E-state index in [9.17, 15) is 23.9 Å². The number of halogens is 1. The summed E-state index contributed by atoms with van der Waals surface area (Å²) in [5.74, 6) is -2.36. The number of nitrogens with one attached hydrogen (secondary N) is 1. The van der Waals surface area contributed by atoms with Gasteiger partial charge in [-0.2, -0.15) is 5.10 Å². The number of hydrazone groups is 1. The van der Waals surface area contributed by atoms with E-state index in [2.05, 4.69) is 5.32 Å². The van der Waals surface area contributed by atoms with Crippen LogP contribution in [0.2, 0.25) is 0 Å². The minimum absolute atomic E-state index is 0.0738. The first-order chi connectivity index (χ1) is 18.2. The van der Waals surface area contributed by atoms with Crippen LogP contribution in [-0.4, -0.2) is 93.7 Å². The third kappa shape index (κ3) is 4.37. The van der Waals surface area contributed by atoms with E-state index >= 15 is 0 Å². The predicted octanol–water partition coefficient (Wildman–Crippen LogP) is 2.04. The number of rotatable bonds is 1. The fourth-order valence-corrected chi connectivity index (χ4v) is 5.99. The monoisotopic (exact) mass is 526 g/mol. The summed E-state index contributed by atoms with van der Waals surface area (Å²) in [7, 11) is 1.92. The largest absolute Gasteiger partial charge is 0.509 e. The Morgan fingerprint density at radius 1 is 1.16 bits per heavy atom. The molecule has 1 fully saturated rings. The molecule has 11 heteroatoms. The molecule has 0 spiro atoms. The summed E-state index contributed by atoms with van der Waals surface area (Å²) in [6.07, 6.45) is 3.54. The number of carbonyl (C=O) groups is 3. The average molecular weight is 527 g/mol. The highest BCUT2D eigenvalue weighted by Crippen LogP contribution is 2.42. The number of nitrogens with zero attached hydrogens (tertiary/aromatic N) is 5. The first-order valence-electron chi connectivity index (χ1n) is 13.4. The number of piperazine rings is 1. The van der Waals surface area contributed by atoms with Crippen molar-refractivity contribution in [3.8, 4) is 0 Å². The second-order valence-corrected chi connectivity index (χ2v) is 10.5. The maximum atomic E-state index is 14.1. The summed E-state index contributed by atoms with van der Waals surface area (Å²) in [6.45, 7) is 5.95. The average Bonchev–Trinajstić information content (AvgIpc) is 3.21.